The molecule has 49 heavy (non-hydrogen) atoms. The topological polar surface area (TPSA) is 75.6 Å². The van der Waals surface area contributed by atoms with Gasteiger partial charge in [0.05, 0.1) is 24.1 Å². The van der Waals surface area contributed by atoms with Gasteiger partial charge in [-0.2, -0.15) is 13.2 Å². The van der Waals surface area contributed by atoms with E-state index in [1.807, 2.05) is 12.1 Å². The Labute approximate surface area is 290 Å². The van der Waals surface area contributed by atoms with Crippen LogP contribution >= 0.6 is 0 Å². The van der Waals surface area contributed by atoms with E-state index < -0.39 is 17.7 Å². The van der Waals surface area contributed by atoms with Crippen molar-refractivity contribution in [1.29, 1.82) is 0 Å². The molecular weight excluding hydrogens is 625 g/mol. The molecule has 1 aliphatic carbocycles. The van der Waals surface area contributed by atoms with Gasteiger partial charge in [0.25, 0.3) is 0 Å². The predicted molar refractivity (Wildman–Crippen MR) is 193 cm³/mol. The molecule has 1 aromatic heterocycles. The van der Waals surface area contributed by atoms with Crippen LogP contribution in [0.4, 0.5) is 24.5 Å². The number of aliphatic imine (C=N–C) groups is 1. The third kappa shape index (κ3) is 12.2. The predicted octanol–water partition coefficient (Wildman–Crippen LogP) is 10.9. The van der Waals surface area contributed by atoms with Gasteiger partial charge in [-0.3, -0.25) is 4.79 Å². The summed E-state index contributed by atoms with van der Waals surface area (Å²) in [6.07, 6.45) is 14.5. The number of ether oxygens (including phenoxy) is 1. The molecule has 1 aliphatic heterocycles. The van der Waals surface area contributed by atoms with Crippen molar-refractivity contribution in [3.8, 4) is 5.88 Å². The minimum atomic E-state index is -4.63. The van der Waals surface area contributed by atoms with Gasteiger partial charge >= 0.3 is 6.18 Å². The summed E-state index contributed by atoms with van der Waals surface area (Å²) >= 11 is 0. The third-order valence-electron chi connectivity index (χ3n) is 9.53. The molecule has 2 aliphatic rings. The lowest BCUT2D eigenvalue weighted by Crippen LogP contribution is -2.33. The van der Waals surface area contributed by atoms with E-state index in [-0.39, 0.29) is 17.4 Å². The number of amides is 1. The van der Waals surface area contributed by atoms with Crippen molar-refractivity contribution in [1.82, 2.24) is 10.3 Å². The Balaban J connectivity index is 1.52. The summed E-state index contributed by atoms with van der Waals surface area (Å²) in [6, 6.07) is 10.7. The molecule has 266 valence electrons. The largest absolute Gasteiger partial charge is 0.481 e. The van der Waals surface area contributed by atoms with E-state index in [2.05, 4.69) is 35.2 Å². The highest BCUT2D eigenvalue weighted by Gasteiger charge is 2.38. The number of para-hydroxylation sites is 2. The van der Waals surface area contributed by atoms with E-state index >= 15 is 0 Å². The summed E-state index contributed by atoms with van der Waals surface area (Å²) in [5, 5.41) is 5.68. The second-order valence-electron chi connectivity index (χ2n) is 13.7. The fraction of sp³-hybridized carbons (Fsp3) is 0.525. The molecule has 6 nitrogen and oxygen atoms in total. The van der Waals surface area contributed by atoms with Gasteiger partial charge in [0.2, 0.25) is 11.8 Å². The van der Waals surface area contributed by atoms with Gasteiger partial charge in [-0.15, -0.1) is 0 Å². The number of benzene rings is 1. The molecule has 0 spiro atoms. The van der Waals surface area contributed by atoms with Crippen LogP contribution in [0.5, 0.6) is 5.88 Å². The second-order valence-corrected chi connectivity index (χ2v) is 13.7. The number of aromatic nitrogens is 1. The van der Waals surface area contributed by atoms with Crippen LogP contribution in [0.1, 0.15) is 114 Å². The van der Waals surface area contributed by atoms with Gasteiger partial charge in [-0.25, -0.2) is 9.98 Å². The molecule has 2 heterocycles. The zero-order valence-electron chi connectivity index (χ0n) is 29.4. The van der Waals surface area contributed by atoms with Crippen molar-refractivity contribution in [3.05, 3.63) is 83.7 Å². The van der Waals surface area contributed by atoms with Gasteiger partial charge in [0, 0.05) is 23.4 Å². The number of anilines is 1. The number of carbonyl (C=O) groups excluding carboxylic acids is 1. The maximum Gasteiger partial charge on any atom is 0.419 e. The van der Waals surface area contributed by atoms with Crippen molar-refractivity contribution in [2.45, 2.75) is 116 Å². The molecule has 0 radical (unpaired) electrons. The summed E-state index contributed by atoms with van der Waals surface area (Å²) < 4.78 is 49.0. The Morgan fingerprint density at radius 1 is 1.04 bits per heavy atom. The lowest BCUT2D eigenvalue weighted by molar-refractivity contribution is -0.111. The minimum absolute atomic E-state index is 0.209. The van der Waals surface area contributed by atoms with Crippen molar-refractivity contribution >= 4 is 23.1 Å². The molecule has 4 rings (SSSR count). The molecule has 1 amide bonds. The van der Waals surface area contributed by atoms with Crippen LogP contribution in [0.3, 0.4) is 0 Å². The first-order chi connectivity index (χ1) is 23.5. The maximum atomic E-state index is 14.4. The van der Waals surface area contributed by atoms with Crippen LogP contribution in [0, 0.1) is 11.8 Å². The Morgan fingerprint density at radius 2 is 1.73 bits per heavy atom. The van der Waals surface area contributed by atoms with Gasteiger partial charge in [-0.1, -0.05) is 96.1 Å². The van der Waals surface area contributed by atoms with E-state index in [1.54, 1.807) is 38.3 Å². The molecule has 1 unspecified atom stereocenters. The van der Waals surface area contributed by atoms with E-state index in [9.17, 15) is 18.0 Å². The summed E-state index contributed by atoms with van der Waals surface area (Å²) in [7, 11) is 1.65. The normalized spacial score (nSPS) is 22.2. The zero-order chi connectivity index (χ0) is 35.2. The number of alkyl halides is 3. The van der Waals surface area contributed by atoms with Crippen LogP contribution in [0.2, 0.25) is 0 Å². The monoisotopic (exact) mass is 678 g/mol. The molecule has 0 bridgehead atoms. The fourth-order valence-corrected chi connectivity index (χ4v) is 6.72. The van der Waals surface area contributed by atoms with Crippen molar-refractivity contribution < 1.29 is 22.7 Å². The van der Waals surface area contributed by atoms with Crippen molar-refractivity contribution in [2.24, 2.45) is 16.8 Å². The van der Waals surface area contributed by atoms with E-state index in [4.69, 9.17) is 9.72 Å². The number of methoxy groups -OCH3 is 1. The molecular formula is C40H53F3N4O2. The van der Waals surface area contributed by atoms with Crippen molar-refractivity contribution in [2.75, 3.05) is 12.4 Å². The van der Waals surface area contributed by atoms with E-state index in [0.29, 0.717) is 42.4 Å². The molecule has 1 saturated carbocycles. The third-order valence-corrected chi connectivity index (χ3v) is 9.53. The first-order valence-electron chi connectivity index (χ1n) is 18.0. The van der Waals surface area contributed by atoms with Crippen LogP contribution in [-0.4, -0.2) is 30.0 Å². The van der Waals surface area contributed by atoms with Crippen LogP contribution < -0.4 is 15.4 Å². The number of aryl methyl sites for hydroxylation is 1. The van der Waals surface area contributed by atoms with Crippen LogP contribution in [0.15, 0.2) is 77.5 Å². The molecule has 2 aromatic rings. The highest BCUT2D eigenvalue weighted by Crippen LogP contribution is 2.34. The molecule has 0 saturated heterocycles. The fourth-order valence-electron chi connectivity index (χ4n) is 6.72. The smallest absolute Gasteiger partial charge is 0.419 e. The molecule has 9 heteroatoms. The number of carbonyl (C=O) groups is 1. The van der Waals surface area contributed by atoms with Crippen LogP contribution in [0.25, 0.3) is 0 Å². The summed E-state index contributed by atoms with van der Waals surface area (Å²) in [5.74, 6) is 0.709. The number of halogens is 3. The second kappa shape index (κ2) is 18.8. The summed E-state index contributed by atoms with van der Waals surface area (Å²) in [4.78, 5) is 21.3. The average Bonchev–Trinajstić information content (AvgIpc) is 3.06. The summed E-state index contributed by atoms with van der Waals surface area (Å²) in [6.45, 7) is 7.62. The highest BCUT2D eigenvalue weighted by molar-refractivity contribution is 6.05. The number of hydrogen-bond donors (Lipinski definition) is 2. The highest BCUT2D eigenvalue weighted by atomic mass is 19.4. The Kier molecular flexibility index (Phi) is 14.5. The van der Waals surface area contributed by atoms with Crippen molar-refractivity contribution in [3.63, 3.8) is 0 Å². The van der Waals surface area contributed by atoms with E-state index in [0.717, 1.165) is 42.5 Å². The average molecular weight is 679 g/mol. The van der Waals surface area contributed by atoms with E-state index in [1.165, 1.54) is 57.4 Å². The number of hydrogen-bond acceptors (Lipinski definition) is 4. The number of allylic oxidation sites excluding steroid dienone is 3. The Bertz CT molecular complexity index is 1480. The van der Waals surface area contributed by atoms with Gasteiger partial charge in [0.1, 0.15) is 5.84 Å². The molecule has 2 N–H and O–H groups in total. The molecule has 1 aromatic carbocycles. The zero-order valence-corrected chi connectivity index (χ0v) is 29.4. The van der Waals surface area contributed by atoms with Gasteiger partial charge < -0.3 is 15.4 Å². The maximum absolute atomic E-state index is 14.4. The lowest BCUT2D eigenvalue weighted by Gasteiger charge is -2.23. The quantitative estimate of drug-likeness (QED) is 0.259. The minimum Gasteiger partial charge on any atom is -0.481 e. The lowest BCUT2D eigenvalue weighted by atomic mass is 9.88. The standard InChI is InChI=1S/C40H53F3N4O2/c1-5-37(48)45-34-21-12-13-22-35(34)47-39-33(40(41,42)43)25-29(3)23-24-32(44-39)20-14-17-30-26-36(46-38(27-30)49-4)31-18-10-6-8-15-28(2)16-9-7-11-19-31/h5,12-13,21-22,24-29,31H,1,6-11,14-20,23H2,2-4H3,(H,44,47)(H,45,48). The SMILES string of the molecule is C=CC(=O)Nc1ccccc1N=C1NC(CCCc2cc(OC)nc(C3CCCCCC(C)CCCCC3)c2)=CCC(C)C=C1C(F)(F)F. The number of nitrogens with one attached hydrogen (secondary N) is 2. The first kappa shape index (κ1) is 37.9. The molecule has 1 fully saturated rings. The van der Waals surface area contributed by atoms with Gasteiger partial charge in [0.15, 0.2) is 0 Å². The number of pyridine rings is 1. The number of nitrogens with zero attached hydrogens (tertiary/aromatic N) is 2. The molecule has 1 atom stereocenters. The first-order valence-corrected chi connectivity index (χ1v) is 18.0. The Morgan fingerprint density at radius 3 is 2.41 bits per heavy atom. The van der Waals surface area contributed by atoms with Gasteiger partial charge in [-0.05, 0) is 80.2 Å². The number of amidine groups is 1. The summed E-state index contributed by atoms with van der Waals surface area (Å²) in [5.41, 5.74) is 2.57. The van der Waals surface area contributed by atoms with Crippen LogP contribution in [-0.2, 0) is 11.2 Å². The number of rotatable bonds is 9. The Hall–Kier alpha value is -3.88.